The van der Waals surface area contributed by atoms with Crippen LogP contribution in [0, 0.1) is 0 Å². The van der Waals surface area contributed by atoms with Crippen molar-refractivity contribution >= 4 is 17.5 Å². The van der Waals surface area contributed by atoms with Crippen molar-refractivity contribution in [3.63, 3.8) is 0 Å². The number of rotatable bonds is 5. The third kappa shape index (κ3) is 3.90. The summed E-state index contributed by atoms with van der Waals surface area (Å²) in [4.78, 5) is 23.2. The van der Waals surface area contributed by atoms with Crippen molar-refractivity contribution in [2.45, 2.75) is 26.7 Å². The van der Waals surface area contributed by atoms with Gasteiger partial charge in [-0.25, -0.2) is 0 Å². The Bertz CT molecular complexity index is 402. The van der Waals surface area contributed by atoms with Crippen molar-refractivity contribution < 1.29 is 9.59 Å². The Labute approximate surface area is 101 Å². The Hall–Kier alpha value is -1.84. The average Bonchev–Trinajstić information content (AvgIpc) is 2.30. The summed E-state index contributed by atoms with van der Waals surface area (Å²) in [5, 5.41) is 5.47. The number of benzene rings is 1. The first-order chi connectivity index (χ1) is 8.19. The fraction of sp³-hybridized carbons (Fsp3) is 0.385. The first kappa shape index (κ1) is 13.2. The molecule has 0 heterocycles. The van der Waals surface area contributed by atoms with Crippen molar-refractivity contribution in [1.82, 2.24) is 5.32 Å². The van der Waals surface area contributed by atoms with E-state index in [2.05, 4.69) is 10.6 Å². The van der Waals surface area contributed by atoms with Crippen molar-refractivity contribution in [2.24, 2.45) is 0 Å². The first-order valence-corrected chi connectivity index (χ1v) is 5.86. The zero-order chi connectivity index (χ0) is 12.7. The summed E-state index contributed by atoms with van der Waals surface area (Å²) in [6.45, 7) is 4.36. The molecule has 0 atom stereocenters. The first-order valence-electron chi connectivity index (χ1n) is 5.86. The normalized spacial score (nSPS) is 9.76. The van der Waals surface area contributed by atoms with Gasteiger partial charge in [-0.3, -0.25) is 9.59 Å². The molecule has 0 aromatic heterocycles. The van der Waals surface area contributed by atoms with E-state index in [0.717, 1.165) is 6.42 Å². The van der Waals surface area contributed by atoms with E-state index in [1.807, 2.05) is 13.8 Å². The fourth-order valence-electron chi connectivity index (χ4n) is 1.49. The lowest BCUT2D eigenvalue weighted by Gasteiger charge is -2.10. The molecular weight excluding hydrogens is 216 g/mol. The summed E-state index contributed by atoms with van der Waals surface area (Å²) in [6.07, 6.45) is 1.25. The van der Waals surface area contributed by atoms with Crippen LogP contribution in [0.15, 0.2) is 24.3 Å². The molecule has 2 N–H and O–H groups in total. The van der Waals surface area contributed by atoms with Crippen molar-refractivity contribution in [2.75, 3.05) is 11.9 Å². The van der Waals surface area contributed by atoms with Crippen LogP contribution < -0.4 is 10.6 Å². The molecule has 1 aromatic rings. The lowest BCUT2D eigenvalue weighted by atomic mass is 10.1. The third-order valence-electron chi connectivity index (χ3n) is 2.26. The van der Waals surface area contributed by atoms with Crippen LogP contribution >= 0.6 is 0 Å². The van der Waals surface area contributed by atoms with E-state index in [1.165, 1.54) is 0 Å². The second-order valence-corrected chi connectivity index (χ2v) is 3.70. The van der Waals surface area contributed by atoms with Crippen LogP contribution in [0.25, 0.3) is 0 Å². The molecule has 2 amide bonds. The van der Waals surface area contributed by atoms with E-state index >= 15 is 0 Å². The van der Waals surface area contributed by atoms with Crippen LogP contribution in [0.4, 0.5) is 5.69 Å². The molecule has 4 heteroatoms. The predicted octanol–water partition coefficient (Wildman–Crippen LogP) is 2.17. The molecular formula is C13H18N2O2. The molecule has 0 fully saturated rings. The minimum atomic E-state index is -0.167. The summed E-state index contributed by atoms with van der Waals surface area (Å²) in [5.41, 5.74) is 1.07. The molecule has 0 radical (unpaired) electrons. The maximum atomic E-state index is 11.7. The molecule has 0 saturated carbocycles. The van der Waals surface area contributed by atoms with E-state index < -0.39 is 0 Å². The van der Waals surface area contributed by atoms with Crippen LogP contribution in [0.2, 0.25) is 0 Å². The standard InChI is InChI=1S/C13H18N2O2/c1-3-7-12(16)15-11-9-6-5-8-10(11)13(17)14-4-2/h5-6,8-9H,3-4,7H2,1-2H3,(H,14,17)(H,15,16). The molecule has 0 bridgehead atoms. The van der Waals surface area contributed by atoms with Gasteiger partial charge in [0.25, 0.3) is 5.91 Å². The minimum Gasteiger partial charge on any atom is -0.352 e. The highest BCUT2D eigenvalue weighted by molar-refractivity contribution is 6.03. The van der Waals surface area contributed by atoms with Crippen LogP contribution in [-0.2, 0) is 4.79 Å². The van der Waals surface area contributed by atoms with Gasteiger partial charge in [0.05, 0.1) is 11.3 Å². The summed E-state index contributed by atoms with van der Waals surface area (Å²) >= 11 is 0. The smallest absolute Gasteiger partial charge is 0.253 e. The van der Waals surface area contributed by atoms with Gasteiger partial charge in [0, 0.05) is 13.0 Å². The van der Waals surface area contributed by atoms with Crippen LogP contribution in [0.5, 0.6) is 0 Å². The number of carbonyl (C=O) groups excluding carboxylic acids is 2. The zero-order valence-corrected chi connectivity index (χ0v) is 10.2. The molecule has 0 spiro atoms. The van der Waals surface area contributed by atoms with Gasteiger partial charge in [0.2, 0.25) is 5.91 Å². The van der Waals surface area contributed by atoms with Gasteiger partial charge >= 0.3 is 0 Å². The topological polar surface area (TPSA) is 58.2 Å². The maximum Gasteiger partial charge on any atom is 0.253 e. The molecule has 0 saturated heterocycles. The number of hydrogen-bond acceptors (Lipinski definition) is 2. The quantitative estimate of drug-likeness (QED) is 0.820. The molecule has 1 aromatic carbocycles. The Balaban J connectivity index is 2.84. The van der Waals surface area contributed by atoms with E-state index in [1.54, 1.807) is 24.3 Å². The number of hydrogen-bond donors (Lipinski definition) is 2. The number of carbonyl (C=O) groups is 2. The summed E-state index contributed by atoms with van der Waals surface area (Å²) < 4.78 is 0. The van der Waals surface area contributed by atoms with E-state index in [0.29, 0.717) is 24.2 Å². The lowest BCUT2D eigenvalue weighted by molar-refractivity contribution is -0.116. The molecule has 0 aliphatic rings. The second kappa shape index (κ2) is 6.68. The van der Waals surface area contributed by atoms with Gasteiger partial charge in [0.15, 0.2) is 0 Å². The Morgan fingerprint density at radius 2 is 1.88 bits per heavy atom. The SMILES string of the molecule is CCCC(=O)Nc1ccccc1C(=O)NCC. The van der Waals surface area contributed by atoms with E-state index in [-0.39, 0.29) is 11.8 Å². The predicted molar refractivity (Wildman–Crippen MR) is 68.0 cm³/mol. The van der Waals surface area contributed by atoms with Crippen molar-refractivity contribution in [3.05, 3.63) is 29.8 Å². The van der Waals surface area contributed by atoms with Crippen molar-refractivity contribution in [3.8, 4) is 0 Å². The highest BCUT2D eigenvalue weighted by atomic mass is 16.2. The van der Waals surface area contributed by atoms with E-state index in [9.17, 15) is 9.59 Å². The second-order valence-electron chi connectivity index (χ2n) is 3.70. The number of amides is 2. The zero-order valence-electron chi connectivity index (χ0n) is 10.2. The van der Waals surface area contributed by atoms with Gasteiger partial charge in [-0.2, -0.15) is 0 Å². The molecule has 0 aliphatic carbocycles. The highest BCUT2D eigenvalue weighted by Crippen LogP contribution is 2.15. The molecule has 92 valence electrons. The van der Waals surface area contributed by atoms with Gasteiger partial charge < -0.3 is 10.6 Å². The largest absolute Gasteiger partial charge is 0.352 e. The number of para-hydroxylation sites is 1. The third-order valence-corrected chi connectivity index (χ3v) is 2.26. The summed E-state index contributed by atoms with van der Waals surface area (Å²) in [6, 6.07) is 7.01. The molecule has 0 aliphatic heterocycles. The van der Waals surface area contributed by atoms with E-state index in [4.69, 9.17) is 0 Å². The van der Waals surface area contributed by atoms with Gasteiger partial charge in [-0.15, -0.1) is 0 Å². The molecule has 0 unspecified atom stereocenters. The van der Waals surface area contributed by atoms with Crippen LogP contribution in [-0.4, -0.2) is 18.4 Å². The van der Waals surface area contributed by atoms with Gasteiger partial charge in [-0.05, 0) is 25.5 Å². The average molecular weight is 234 g/mol. The van der Waals surface area contributed by atoms with Crippen molar-refractivity contribution in [1.29, 1.82) is 0 Å². The Morgan fingerprint density at radius 3 is 2.53 bits per heavy atom. The minimum absolute atomic E-state index is 0.0655. The summed E-state index contributed by atoms with van der Waals surface area (Å²) in [7, 11) is 0. The van der Waals surface area contributed by atoms with Gasteiger partial charge in [0.1, 0.15) is 0 Å². The van der Waals surface area contributed by atoms with Crippen LogP contribution in [0.3, 0.4) is 0 Å². The summed E-state index contributed by atoms with van der Waals surface area (Å²) in [5.74, 6) is -0.232. The number of anilines is 1. The Kier molecular flexibility index (Phi) is 5.20. The lowest BCUT2D eigenvalue weighted by Crippen LogP contribution is -2.24. The monoisotopic (exact) mass is 234 g/mol. The molecule has 1 rings (SSSR count). The molecule has 4 nitrogen and oxygen atoms in total. The number of nitrogens with one attached hydrogen (secondary N) is 2. The molecule has 17 heavy (non-hydrogen) atoms. The Morgan fingerprint density at radius 1 is 1.18 bits per heavy atom. The van der Waals surface area contributed by atoms with Crippen LogP contribution in [0.1, 0.15) is 37.0 Å². The van der Waals surface area contributed by atoms with Gasteiger partial charge in [-0.1, -0.05) is 19.1 Å². The maximum absolute atomic E-state index is 11.7. The highest BCUT2D eigenvalue weighted by Gasteiger charge is 2.11. The fourth-order valence-corrected chi connectivity index (χ4v) is 1.49.